The predicted molar refractivity (Wildman–Crippen MR) is 97.8 cm³/mol. The molecule has 1 aliphatic rings. The Labute approximate surface area is 150 Å². The Morgan fingerprint density at radius 2 is 2.30 bits per heavy atom. The van der Waals surface area contributed by atoms with Gasteiger partial charge >= 0.3 is 0 Å². The number of nitrogens with one attached hydrogen (secondary N) is 2. The fourth-order valence-corrected chi connectivity index (χ4v) is 3.30. The first-order chi connectivity index (χ1) is 11.0. The number of nitrogens with zero attached hydrogens (tertiary/aromatic N) is 2. The van der Waals surface area contributed by atoms with Crippen molar-refractivity contribution in [3.63, 3.8) is 0 Å². The van der Waals surface area contributed by atoms with E-state index in [1.54, 1.807) is 7.05 Å². The Kier molecular flexibility index (Phi) is 6.72. The van der Waals surface area contributed by atoms with Crippen LogP contribution in [-0.2, 0) is 11.3 Å². The summed E-state index contributed by atoms with van der Waals surface area (Å²) in [5, 5.41) is 7.35. The minimum atomic E-state index is 0.207. The zero-order valence-electron chi connectivity index (χ0n) is 13.4. The van der Waals surface area contributed by atoms with Gasteiger partial charge in [-0.3, -0.25) is 9.79 Å². The van der Waals surface area contributed by atoms with Crippen molar-refractivity contribution >= 4 is 39.4 Å². The molecule has 0 aromatic heterocycles. The third kappa shape index (κ3) is 5.11. The van der Waals surface area contributed by atoms with Crippen molar-refractivity contribution in [3.05, 3.63) is 33.3 Å². The average molecular weight is 402 g/mol. The fourth-order valence-electron chi connectivity index (χ4n) is 2.56. The molecule has 126 valence electrons. The Balaban J connectivity index is 1.86. The minimum Gasteiger partial charge on any atom is -0.352 e. The molecule has 2 N–H and O–H groups in total. The van der Waals surface area contributed by atoms with Gasteiger partial charge in [0.1, 0.15) is 0 Å². The number of amides is 1. The lowest BCUT2D eigenvalue weighted by molar-refractivity contribution is -0.129. The molecule has 0 saturated carbocycles. The topological polar surface area (TPSA) is 56.7 Å². The summed E-state index contributed by atoms with van der Waals surface area (Å²) in [7, 11) is 1.74. The van der Waals surface area contributed by atoms with Crippen molar-refractivity contribution in [1.29, 1.82) is 0 Å². The Morgan fingerprint density at radius 1 is 1.52 bits per heavy atom. The molecule has 2 rings (SSSR count). The second-order valence-corrected chi connectivity index (χ2v) is 6.81. The van der Waals surface area contributed by atoms with Gasteiger partial charge in [0.15, 0.2) is 5.96 Å². The molecule has 1 fully saturated rings. The van der Waals surface area contributed by atoms with Gasteiger partial charge in [0.05, 0.1) is 0 Å². The summed E-state index contributed by atoms with van der Waals surface area (Å²) in [4.78, 5) is 17.9. The highest BCUT2D eigenvalue weighted by Crippen LogP contribution is 2.21. The second-order valence-electron chi connectivity index (χ2n) is 5.48. The van der Waals surface area contributed by atoms with Gasteiger partial charge in [0, 0.05) is 48.6 Å². The summed E-state index contributed by atoms with van der Waals surface area (Å²) in [6, 6.07) is 6.05. The van der Waals surface area contributed by atoms with Gasteiger partial charge in [-0.15, -0.1) is 0 Å². The minimum absolute atomic E-state index is 0.207. The van der Waals surface area contributed by atoms with Crippen molar-refractivity contribution in [1.82, 2.24) is 15.5 Å². The molecular weight excluding hydrogens is 380 g/mol. The molecule has 0 spiro atoms. The summed E-state index contributed by atoms with van der Waals surface area (Å²) in [6.45, 7) is 4.02. The van der Waals surface area contributed by atoms with E-state index >= 15 is 0 Å². The van der Waals surface area contributed by atoms with Gasteiger partial charge in [-0.1, -0.05) is 40.5 Å². The van der Waals surface area contributed by atoms with Gasteiger partial charge in [-0.05, 0) is 24.1 Å². The summed E-state index contributed by atoms with van der Waals surface area (Å²) < 4.78 is 0.959. The van der Waals surface area contributed by atoms with E-state index in [4.69, 9.17) is 11.6 Å². The van der Waals surface area contributed by atoms with Crippen LogP contribution >= 0.6 is 27.5 Å². The third-order valence-corrected chi connectivity index (χ3v) is 4.71. The Bertz CT molecular complexity index is 593. The molecule has 1 saturated heterocycles. The van der Waals surface area contributed by atoms with Gasteiger partial charge in [0.2, 0.25) is 5.91 Å². The number of benzene rings is 1. The van der Waals surface area contributed by atoms with E-state index in [0.29, 0.717) is 18.0 Å². The van der Waals surface area contributed by atoms with E-state index in [9.17, 15) is 4.79 Å². The zero-order chi connectivity index (χ0) is 16.8. The quantitative estimate of drug-likeness (QED) is 0.602. The number of halogens is 2. The van der Waals surface area contributed by atoms with Gasteiger partial charge in [0.25, 0.3) is 0 Å². The molecule has 5 nitrogen and oxygen atoms in total. The van der Waals surface area contributed by atoms with Crippen LogP contribution in [-0.4, -0.2) is 42.9 Å². The van der Waals surface area contributed by atoms with Gasteiger partial charge in [-0.2, -0.15) is 0 Å². The number of aliphatic imine (C=N–C) groups is 1. The highest BCUT2D eigenvalue weighted by atomic mass is 79.9. The largest absolute Gasteiger partial charge is 0.352 e. The van der Waals surface area contributed by atoms with E-state index in [-0.39, 0.29) is 11.9 Å². The molecule has 7 heteroatoms. The van der Waals surface area contributed by atoms with Gasteiger partial charge in [-0.25, -0.2) is 0 Å². The number of rotatable bonds is 4. The van der Waals surface area contributed by atoms with E-state index in [1.165, 1.54) is 0 Å². The first-order valence-corrected chi connectivity index (χ1v) is 8.89. The third-order valence-electron chi connectivity index (χ3n) is 3.87. The highest BCUT2D eigenvalue weighted by Gasteiger charge is 2.25. The van der Waals surface area contributed by atoms with E-state index in [2.05, 4.69) is 31.6 Å². The normalized spacial score (nSPS) is 18.2. The van der Waals surface area contributed by atoms with Crippen molar-refractivity contribution in [2.24, 2.45) is 4.99 Å². The molecule has 1 aromatic rings. The van der Waals surface area contributed by atoms with Crippen LogP contribution in [0.5, 0.6) is 0 Å². The molecule has 1 heterocycles. The number of likely N-dealkylation sites (tertiary alicyclic amines) is 1. The van der Waals surface area contributed by atoms with E-state index in [1.807, 2.05) is 30.0 Å². The zero-order valence-corrected chi connectivity index (χ0v) is 15.7. The first kappa shape index (κ1) is 18.1. The number of hydrogen-bond donors (Lipinski definition) is 2. The summed E-state index contributed by atoms with van der Waals surface area (Å²) in [6.07, 6.45) is 1.49. The lowest BCUT2D eigenvalue weighted by atomic mass is 10.2. The number of guanidine groups is 1. The number of carbonyl (C=O) groups is 1. The smallest absolute Gasteiger partial charge is 0.222 e. The summed E-state index contributed by atoms with van der Waals surface area (Å²) >= 11 is 9.62. The van der Waals surface area contributed by atoms with Crippen LogP contribution in [0.2, 0.25) is 5.02 Å². The molecule has 0 bridgehead atoms. The standard InChI is InChI=1S/C16H22BrClN4O/c1-3-15(23)22-7-6-13(10-22)21-16(19-2)20-9-11-4-5-12(17)8-14(11)18/h4-5,8,13H,3,6-7,9-10H2,1-2H3,(H2,19,20,21). The van der Waals surface area contributed by atoms with Crippen LogP contribution < -0.4 is 10.6 Å². The van der Waals surface area contributed by atoms with Crippen LogP contribution in [0.15, 0.2) is 27.7 Å². The van der Waals surface area contributed by atoms with Crippen molar-refractivity contribution in [3.8, 4) is 0 Å². The van der Waals surface area contributed by atoms with Crippen LogP contribution in [0, 0.1) is 0 Å². The lowest BCUT2D eigenvalue weighted by Gasteiger charge is -2.19. The maximum atomic E-state index is 11.7. The molecule has 1 aromatic carbocycles. The molecule has 0 aliphatic carbocycles. The molecule has 1 atom stereocenters. The monoisotopic (exact) mass is 400 g/mol. The van der Waals surface area contributed by atoms with Crippen LogP contribution in [0.1, 0.15) is 25.3 Å². The Morgan fingerprint density at radius 3 is 2.96 bits per heavy atom. The Hall–Kier alpha value is -1.27. The van der Waals surface area contributed by atoms with Crippen molar-refractivity contribution in [2.75, 3.05) is 20.1 Å². The lowest BCUT2D eigenvalue weighted by Crippen LogP contribution is -2.44. The predicted octanol–water partition coefficient (Wildman–Crippen LogP) is 2.78. The first-order valence-electron chi connectivity index (χ1n) is 7.72. The summed E-state index contributed by atoms with van der Waals surface area (Å²) in [5.74, 6) is 0.929. The number of hydrogen-bond acceptors (Lipinski definition) is 2. The molecule has 1 amide bonds. The summed E-state index contributed by atoms with van der Waals surface area (Å²) in [5.41, 5.74) is 1.01. The second kappa shape index (κ2) is 8.55. The van der Waals surface area contributed by atoms with Crippen molar-refractivity contribution < 1.29 is 4.79 Å². The molecule has 0 radical (unpaired) electrons. The van der Waals surface area contributed by atoms with Crippen molar-refractivity contribution in [2.45, 2.75) is 32.4 Å². The van der Waals surface area contributed by atoms with E-state index in [0.717, 1.165) is 35.5 Å². The van der Waals surface area contributed by atoms with Crippen LogP contribution in [0.25, 0.3) is 0 Å². The maximum absolute atomic E-state index is 11.7. The van der Waals surface area contributed by atoms with Crippen LogP contribution in [0.3, 0.4) is 0 Å². The molecule has 1 aliphatic heterocycles. The van der Waals surface area contributed by atoms with Crippen LogP contribution in [0.4, 0.5) is 0 Å². The molecular formula is C16H22BrClN4O. The SMILES string of the molecule is CCC(=O)N1CCC(NC(=NC)NCc2ccc(Br)cc2Cl)C1. The van der Waals surface area contributed by atoms with E-state index < -0.39 is 0 Å². The number of carbonyl (C=O) groups excluding carboxylic acids is 1. The maximum Gasteiger partial charge on any atom is 0.222 e. The fraction of sp³-hybridized carbons (Fsp3) is 0.500. The molecule has 1 unspecified atom stereocenters. The molecule has 23 heavy (non-hydrogen) atoms. The average Bonchev–Trinajstić information content (AvgIpc) is 3.00. The van der Waals surface area contributed by atoms with Gasteiger partial charge < -0.3 is 15.5 Å². The highest BCUT2D eigenvalue weighted by molar-refractivity contribution is 9.10.